The number of unbranched alkanes of at least 4 members (excludes halogenated alkanes) is 2. The van der Waals surface area contributed by atoms with Gasteiger partial charge in [0.2, 0.25) is 12.7 Å². The smallest absolute Gasteiger partial charge is 0.303 e. The zero-order valence-corrected chi connectivity index (χ0v) is 16.7. The highest BCUT2D eigenvalue weighted by Gasteiger charge is 2.37. The molecule has 1 aromatic carbocycles. The Morgan fingerprint density at radius 2 is 1.90 bits per heavy atom. The molecule has 1 N–H and O–H groups in total. The van der Waals surface area contributed by atoms with Crippen molar-refractivity contribution in [3.05, 3.63) is 36.2 Å². The maximum Gasteiger partial charge on any atom is 0.303 e. The van der Waals surface area contributed by atoms with Crippen molar-refractivity contribution < 1.29 is 29.0 Å². The molecule has 29 heavy (non-hydrogen) atoms. The van der Waals surface area contributed by atoms with Gasteiger partial charge < -0.3 is 24.4 Å². The third-order valence-corrected chi connectivity index (χ3v) is 5.02. The van der Waals surface area contributed by atoms with E-state index in [0.29, 0.717) is 36.4 Å². The molecule has 3 rings (SSSR count). The molecule has 8 nitrogen and oxygen atoms in total. The Balaban J connectivity index is 1.69. The first-order valence-corrected chi connectivity index (χ1v) is 9.81. The van der Waals surface area contributed by atoms with Gasteiger partial charge in [0.25, 0.3) is 5.91 Å². The van der Waals surface area contributed by atoms with Crippen molar-refractivity contribution in [3.63, 3.8) is 0 Å². The predicted octanol–water partition coefficient (Wildman–Crippen LogP) is 2.84. The van der Waals surface area contributed by atoms with Crippen molar-refractivity contribution in [2.45, 2.75) is 45.6 Å². The van der Waals surface area contributed by atoms with Crippen LogP contribution in [-0.4, -0.2) is 52.1 Å². The first-order valence-electron chi connectivity index (χ1n) is 9.81. The largest absolute Gasteiger partial charge is 0.481 e. The second-order valence-electron chi connectivity index (χ2n) is 7.50. The number of carbonyl (C=O) groups excluding carboxylic acids is 2. The summed E-state index contributed by atoms with van der Waals surface area (Å²) in [5, 5.41) is 8.70. The molecule has 2 aliphatic heterocycles. The fourth-order valence-corrected chi connectivity index (χ4v) is 3.51. The average molecular weight is 402 g/mol. The van der Waals surface area contributed by atoms with Gasteiger partial charge in [-0.3, -0.25) is 14.4 Å². The monoisotopic (exact) mass is 402 g/mol. The minimum Gasteiger partial charge on any atom is -0.481 e. The van der Waals surface area contributed by atoms with E-state index in [2.05, 4.69) is 0 Å². The summed E-state index contributed by atoms with van der Waals surface area (Å²) in [6.45, 7) is 4.45. The van der Waals surface area contributed by atoms with Crippen LogP contribution in [0.25, 0.3) is 0 Å². The van der Waals surface area contributed by atoms with Crippen LogP contribution in [0.5, 0.6) is 11.5 Å². The van der Waals surface area contributed by atoms with Crippen molar-refractivity contribution >= 4 is 17.8 Å². The van der Waals surface area contributed by atoms with Crippen molar-refractivity contribution in [2.75, 3.05) is 13.3 Å². The van der Waals surface area contributed by atoms with Gasteiger partial charge in [-0.25, -0.2) is 0 Å². The summed E-state index contributed by atoms with van der Waals surface area (Å²) >= 11 is 0. The summed E-state index contributed by atoms with van der Waals surface area (Å²) in [5.41, 5.74) is 0.430. The minimum atomic E-state index is -0.809. The lowest BCUT2D eigenvalue weighted by Gasteiger charge is -2.38. The number of hydrogen-bond donors (Lipinski definition) is 1. The molecule has 0 saturated heterocycles. The number of amides is 2. The molecule has 0 aliphatic carbocycles. The van der Waals surface area contributed by atoms with Gasteiger partial charge in [0.1, 0.15) is 6.04 Å². The number of rotatable bonds is 8. The van der Waals surface area contributed by atoms with Gasteiger partial charge in [0, 0.05) is 30.9 Å². The summed E-state index contributed by atoms with van der Waals surface area (Å²) in [6.07, 6.45) is 5.44. The Morgan fingerprint density at radius 3 is 2.62 bits per heavy atom. The van der Waals surface area contributed by atoms with E-state index < -0.39 is 12.0 Å². The van der Waals surface area contributed by atoms with E-state index >= 15 is 0 Å². The topological polar surface area (TPSA) is 96.4 Å². The molecular weight excluding hydrogens is 376 g/mol. The standard InChI is InChI=1S/C21H26N2O6/c1-14(2)19-21(27)22(9-5-3-4-6-18(24)25)10-11-23(19)20(26)15-7-8-16-17(12-15)29-13-28-16/h7-8,10-12,14,19H,3-6,9,13H2,1-2H3,(H,24,25). The van der Waals surface area contributed by atoms with Gasteiger partial charge in [-0.2, -0.15) is 0 Å². The number of fused-ring (bicyclic) bond motifs is 1. The van der Waals surface area contributed by atoms with Crippen LogP contribution in [0.4, 0.5) is 0 Å². The number of carbonyl (C=O) groups is 3. The Bertz CT molecular complexity index is 819. The first-order chi connectivity index (χ1) is 13.9. The highest BCUT2D eigenvalue weighted by molar-refractivity contribution is 5.99. The molecule has 0 aromatic heterocycles. The van der Waals surface area contributed by atoms with Gasteiger partial charge >= 0.3 is 5.97 Å². The summed E-state index contributed by atoms with van der Waals surface area (Å²) < 4.78 is 10.6. The highest BCUT2D eigenvalue weighted by Crippen LogP contribution is 2.33. The van der Waals surface area contributed by atoms with Crippen LogP contribution in [0.3, 0.4) is 0 Å². The molecule has 8 heteroatoms. The maximum absolute atomic E-state index is 13.1. The molecule has 156 valence electrons. The number of carboxylic acid groups (broad SMARTS) is 1. The average Bonchev–Trinajstić information content (AvgIpc) is 3.15. The van der Waals surface area contributed by atoms with Gasteiger partial charge in [-0.1, -0.05) is 20.3 Å². The van der Waals surface area contributed by atoms with Gasteiger partial charge in [0.15, 0.2) is 11.5 Å². The van der Waals surface area contributed by atoms with Crippen molar-refractivity contribution in [3.8, 4) is 11.5 Å². The fourth-order valence-electron chi connectivity index (χ4n) is 3.51. The zero-order chi connectivity index (χ0) is 21.0. The Morgan fingerprint density at radius 1 is 1.14 bits per heavy atom. The van der Waals surface area contributed by atoms with Crippen LogP contribution in [0.15, 0.2) is 30.6 Å². The molecule has 2 amide bonds. The number of carboxylic acids is 1. The minimum absolute atomic E-state index is 0.0695. The second-order valence-corrected chi connectivity index (χ2v) is 7.50. The lowest BCUT2D eigenvalue weighted by atomic mass is 9.98. The van der Waals surface area contributed by atoms with Gasteiger partial charge in [-0.05, 0) is 37.0 Å². The van der Waals surface area contributed by atoms with Crippen molar-refractivity contribution in [1.29, 1.82) is 0 Å². The maximum atomic E-state index is 13.1. The van der Waals surface area contributed by atoms with E-state index in [4.69, 9.17) is 14.6 Å². The van der Waals surface area contributed by atoms with E-state index in [0.717, 1.165) is 6.42 Å². The second kappa shape index (κ2) is 8.98. The van der Waals surface area contributed by atoms with Crippen LogP contribution in [0, 0.1) is 5.92 Å². The molecule has 1 atom stereocenters. The molecule has 0 spiro atoms. The number of nitrogens with zero attached hydrogens (tertiary/aromatic N) is 2. The number of aliphatic carboxylic acids is 1. The van der Waals surface area contributed by atoms with E-state index in [1.165, 1.54) is 4.90 Å². The normalized spacial score (nSPS) is 17.9. The zero-order valence-electron chi connectivity index (χ0n) is 16.7. The van der Waals surface area contributed by atoms with Gasteiger partial charge in [-0.15, -0.1) is 0 Å². The quantitative estimate of drug-likeness (QED) is 0.672. The molecule has 0 radical (unpaired) electrons. The van der Waals surface area contributed by atoms with Crippen molar-refractivity contribution in [2.24, 2.45) is 5.92 Å². The molecule has 1 unspecified atom stereocenters. The third kappa shape index (κ3) is 4.70. The molecule has 1 aromatic rings. The summed E-state index contributed by atoms with van der Waals surface area (Å²) in [4.78, 5) is 39.8. The first kappa shape index (κ1) is 20.7. The van der Waals surface area contributed by atoms with Crippen LogP contribution in [-0.2, 0) is 9.59 Å². The molecule has 0 fully saturated rings. The molecule has 0 saturated carbocycles. The summed E-state index contributed by atoms with van der Waals surface area (Å²) in [6, 6.07) is 4.39. The van der Waals surface area contributed by atoms with Crippen LogP contribution in [0.2, 0.25) is 0 Å². The van der Waals surface area contributed by atoms with Crippen LogP contribution >= 0.6 is 0 Å². The Kier molecular flexibility index (Phi) is 6.41. The van der Waals surface area contributed by atoms with E-state index in [-0.39, 0.29) is 30.9 Å². The van der Waals surface area contributed by atoms with Gasteiger partial charge in [0.05, 0.1) is 0 Å². The molecule has 2 heterocycles. The van der Waals surface area contributed by atoms with E-state index in [1.807, 2.05) is 13.8 Å². The third-order valence-electron chi connectivity index (χ3n) is 5.02. The lowest BCUT2D eigenvalue weighted by molar-refractivity contribution is -0.137. The summed E-state index contributed by atoms with van der Waals surface area (Å²) in [7, 11) is 0. The predicted molar refractivity (Wildman–Crippen MR) is 104 cm³/mol. The molecular formula is C21H26N2O6. The number of benzene rings is 1. The number of hydrogen-bond acceptors (Lipinski definition) is 5. The van der Waals surface area contributed by atoms with Crippen molar-refractivity contribution in [1.82, 2.24) is 9.80 Å². The fraction of sp³-hybridized carbons (Fsp3) is 0.476. The van der Waals surface area contributed by atoms with E-state index in [9.17, 15) is 14.4 Å². The SMILES string of the molecule is CC(C)C1C(=O)N(CCCCCC(=O)O)C=CN1C(=O)c1ccc2c(c1)OCO2. The Hall–Kier alpha value is -3.03. The Labute approximate surface area is 169 Å². The van der Waals surface area contributed by atoms with Crippen LogP contribution < -0.4 is 9.47 Å². The lowest BCUT2D eigenvalue weighted by Crippen LogP contribution is -2.53. The molecule has 0 bridgehead atoms. The summed E-state index contributed by atoms with van der Waals surface area (Å²) in [5.74, 6) is -0.160. The number of ether oxygens (including phenoxy) is 2. The molecule has 2 aliphatic rings. The van der Waals surface area contributed by atoms with Crippen LogP contribution in [0.1, 0.15) is 49.9 Å². The highest BCUT2D eigenvalue weighted by atomic mass is 16.7. The van der Waals surface area contributed by atoms with E-state index in [1.54, 1.807) is 35.5 Å².